The van der Waals surface area contributed by atoms with Gasteiger partial charge < -0.3 is 10.1 Å². The highest BCUT2D eigenvalue weighted by atomic mass is 16.5. The molecule has 0 saturated heterocycles. The van der Waals surface area contributed by atoms with Gasteiger partial charge in [-0.25, -0.2) is 0 Å². The van der Waals surface area contributed by atoms with Crippen LogP contribution in [0, 0.1) is 5.92 Å². The Bertz CT molecular complexity index is 841. The van der Waals surface area contributed by atoms with E-state index in [1.54, 1.807) is 0 Å². The third-order valence-electron chi connectivity index (χ3n) is 5.29. The number of esters is 1. The zero-order valence-electron chi connectivity index (χ0n) is 17.1. The Kier molecular flexibility index (Phi) is 6.18. The van der Waals surface area contributed by atoms with E-state index in [2.05, 4.69) is 31.3 Å². The molecule has 3 atom stereocenters. The standard InChI is InChI=1S/C24H29NO3/c1-15(2)13-18-9-11-19(12-10-18)16(3)24(27)28-22-14-20-7-5-6-8-21(20)23(22)25-17(4)26/h5-12,15-16,22-23H,13-14H2,1-4H3,(H,25,26)/t16?,22-,23+/m0/s1. The maximum absolute atomic E-state index is 12.8. The molecule has 148 valence electrons. The van der Waals surface area contributed by atoms with Crippen molar-refractivity contribution < 1.29 is 14.3 Å². The van der Waals surface area contributed by atoms with Gasteiger partial charge in [-0.2, -0.15) is 0 Å². The molecule has 1 aliphatic rings. The first-order chi connectivity index (χ1) is 13.3. The van der Waals surface area contributed by atoms with E-state index in [0.717, 1.165) is 23.1 Å². The van der Waals surface area contributed by atoms with Crippen molar-refractivity contribution in [3.63, 3.8) is 0 Å². The molecule has 0 radical (unpaired) electrons. The summed E-state index contributed by atoms with van der Waals surface area (Å²) in [5, 5.41) is 2.94. The van der Waals surface area contributed by atoms with Gasteiger partial charge in [0.25, 0.3) is 0 Å². The minimum atomic E-state index is -0.378. The number of hydrogen-bond donors (Lipinski definition) is 1. The largest absolute Gasteiger partial charge is 0.459 e. The van der Waals surface area contributed by atoms with E-state index >= 15 is 0 Å². The summed E-state index contributed by atoms with van der Waals surface area (Å²) in [5.41, 5.74) is 4.37. The number of fused-ring (bicyclic) bond motifs is 1. The Morgan fingerprint density at radius 2 is 1.75 bits per heavy atom. The molecule has 0 aliphatic heterocycles. The van der Waals surface area contributed by atoms with Crippen molar-refractivity contribution in [2.24, 2.45) is 5.92 Å². The van der Waals surface area contributed by atoms with Crippen molar-refractivity contribution in [2.75, 3.05) is 0 Å². The maximum atomic E-state index is 12.8. The average molecular weight is 380 g/mol. The van der Waals surface area contributed by atoms with E-state index in [9.17, 15) is 9.59 Å². The molecule has 1 unspecified atom stereocenters. The molecular formula is C24H29NO3. The lowest BCUT2D eigenvalue weighted by molar-refractivity contribution is -0.152. The van der Waals surface area contributed by atoms with Crippen LogP contribution in [0.5, 0.6) is 0 Å². The molecule has 0 heterocycles. The van der Waals surface area contributed by atoms with Gasteiger partial charge in [0.1, 0.15) is 6.10 Å². The summed E-state index contributed by atoms with van der Waals surface area (Å²) in [7, 11) is 0. The highest BCUT2D eigenvalue weighted by Crippen LogP contribution is 2.34. The first kappa shape index (κ1) is 20.1. The summed E-state index contributed by atoms with van der Waals surface area (Å²) < 4.78 is 5.86. The molecule has 28 heavy (non-hydrogen) atoms. The Balaban J connectivity index is 1.70. The van der Waals surface area contributed by atoms with Gasteiger partial charge in [0.2, 0.25) is 5.91 Å². The van der Waals surface area contributed by atoms with Gasteiger partial charge >= 0.3 is 5.97 Å². The number of carbonyl (C=O) groups excluding carboxylic acids is 2. The lowest BCUT2D eigenvalue weighted by Crippen LogP contribution is -2.35. The van der Waals surface area contributed by atoms with Crippen LogP contribution in [0.2, 0.25) is 0 Å². The number of rotatable bonds is 6. The minimum Gasteiger partial charge on any atom is -0.459 e. The molecule has 3 rings (SSSR count). The Labute approximate surface area is 167 Å². The summed E-state index contributed by atoms with van der Waals surface area (Å²) in [6, 6.07) is 15.8. The molecule has 2 aromatic rings. The summed E-state index contributed by atoms with van der Waals surface area (Å²) in [4.78, 5) is 24.5. The quantitative estimate of drug-likeness (QED) is 0.760. The molecule has 1 aliphatic carbocycles. The zero-order chi connectivity index (χ0) is 20.3. The van der Waals surface area contributed by atoms with Gasteiger partial charge in [0.15, 0.2) is 0 Å². The topological polar surface area (TPSA) is 55.4 Å². The van der Waals surface area contributed by atoms with Crippen LogP contribution in [0.25, 0.3) is 0 Å². The van der Waals surface area contributed by atoms with Crippen LogP contribution in [-0.4, -0.2) is 18.0 Å². The van der Waals surface area contributed by atoms with Gasteiger partial charge in [-0.05, 0) is 41.5 Å². The molecule has 0 aromatic heterocycles. The SMILES string of the molecule is CC(=O)N[C@@H]1c2ccccc2C[C@@H]1OC(=O)C(C)c1ccc(CC(C)C)cc1. The van der Waals surface area contributed by atoms with Crippen molar-refractivity contribution >= 4 is 11.9 Å². The maximum Gasteiger partial charge on any atom is 0.313 e. The number of carbonyl (C=O) groups is 2. The van der Waals surface area contributed by atoms with E-state index < -0.39 is 0 Å². The minimum absolute atomic E-state index is 0.128. The van der Waals surface area contributed by atoms with E-state index in [0.29, 0.717) is 12.3 Å². The first-order valence-corrected chi connectivity index (χ1v) is 9.99. The molecule has 4 nitrogen and oxygen atoms in total. The Hall–Kier alpha value is -2.62. The molecule has 4 heteroatoms. The van der Waals surface area contributed by atoms with Crippen LogP contribution in [0.1, 0.15) is 61.9 Å². The highest BCUT2D eigenvalue weighted by molar-refractivity contribution is 5.78. The van der Waals surface area contributed by atoms with Crippen LogP contribution in [-0.2, 0) is 27.2 Å². The Morgan fingerprint density at radius 1 is 1.07 bits per heavy atom. The van der Waals surface area contributed by atoms with Crippen molar-refractivity contribution in [3.05, 3.63) is 70.8 Å². The monoisotopic (exact) mass is 379 g/mol. The van der Waals surface area contributed by atoms with Gasteiger partial charge in [0.05, 0.1) is 12.0 Å². The van der Waals surface area contributed by atoms with E-state index in [4.69, 9.17) is 4.74 Å². The van der Waals surface area contributed by atoms with Crippen molar-refractivity contribution in [1.82, 2.24) is 5.32 Å². The smallest absolute Gasteiger partial charge is 0.313 e. The van der Waals surface area contributed by atoms with Gasteiger partial charge in [-0.1, -0.05) is 62.4 Å². The van der Waals surface area contributed by atoms with Crippen molar-refractivity contribution in [2.45, 2.75) is 58.6 Å². The van der Waals surface area contributed by atoms with E-state index in [1.165, 1.54) is 12.5 Å². The number of benzene rings is 2. The fourth-order valence-corrected chi connectivity index (χ4v) is 3.86. The second-order valence-electron chi connectivity index (χ2n) is 8.12. The summed E-state index contributed by atoms with van der Waals surface area (Å²) in [6.07, 6.45) is 1.27. The molecule has 0 bridgehead atoms. The molecular weight excluding hydrogens is 350 g/mol. The fourth-order valence-electron chi connectivity index (χ4n) is 3.86. The van der Waals surface area contributed by atoms with Crippen LogP contribution in [0.4, 0.5) is 0 Å². The van der Waals surface area contributed by atoms with E-state index in [1.807, 2.05) is 43.3 Å². The molecule has 0 spiro atoms. The van der Waals surface area contributed by atoms with Crippen molar-refractivity contribution in [3.8, 4) is 0 Å². The summed E-state index contributed by atoms with van der Waals surface area (Å²) in [5.74, 6) is -0.140. The third kappa shape index (κ3) is 4.61. The van der Waals surface area contributed by atoms with Gasteiger partial charge in [0, 0.05) is 13.3 Å². The van der Waals surface area contributed by atoms with Gasteiger partial charge in [-0.3, -0.25) is 9.59 Å². The predicted octanol–water partition coefficient (Wildman–Crippen LogP) is 4.33. The summed E-state index contributed by atoms with van der Waals surface area (Å²) >= 11 is 0. The van der Waals surface area contributed by atoms with Crippen LogP contribution >= 0.6 is 0 Å². The van der Waals surface area contributed by atoms with Crippen LogP contribution in [0.3, 0.4) is 0 Å². The lowest BCUT2D eigenvalue weighted by atomic mass is 9.97. The Morgan fingerprint density at radius 3 is 2.39 bits per heavy atom. The molecule has 1 amide bonds. The zero-order valence-corrected chi connectivity index (χ0v) is 17.1. The van der Waals surface area contributed by atoms with Gasteiger partial charge in [-0.15, -0.1) is 0 Å². The predicted molar refractivity (Wildman–Crippen MR) is 110 cm³/mol. The first-order valence-electron chi connectivity index (χ1n) is 9.99. The van der Waals surface area contributed by atoms with Crippen LogP contribution in [0.15, 0.2) is 48.5 Å². The second-order valence-corrected chi connectivity index (χ2v) is 8.12. The number of amides is 1. The van der Waals surface area contributed by atoms with Crippen molar-refractivity contribution in [1.29, 1.82) is 0 Å². The van der Waals surface area contributed by atoms with E-state index in [-0.39, 0.29) is 29.9 Å². The molecule has 0 saturated carbocycles. The lowest BCUT2D eigenvalue weighted by Gasteiger charge is -2.23. The normalized spacial score (nSPS) is 19.2. The number of ether oxygens (including phenoxy) is 1. The number of nitrogens with one attached hydrogen (secondary N) is 1. The number of hydrogen-bond acceptors (Lipinski definition) is 3. The fraction of sp³-hybridized carbons (Fsp3) is 0.417. The highest BCUT2D eigenvalue weighted by Gasteiger charge is 2.36. The molecule has 1 N–H and O–H groups in total. The second kappa shape index (κ2) is 8.59. The summed E-state index contributed by atoms with van der Waals surface area (Å²) in [6.45, 7) is 7.74. The van der Waals surface area contributed by atoms with Crippen LogP contribution < -0.4 is 5.32 Å². The average Bonchev–Trinajstić information content (AvgIpc) is 2.98. The molecule has 0 fully saturated rings. The third-order valence-corrected chi connectivity index (χ3v) is 5.29. The molecule has 2 aromatic carbocycles.